The van der Waals surface area contributed by atoms with Crippen LogP contribution in [0.3, 0.4) is 0 Å². The number of hydrogen-bond donors (Lipinski definition) is 3. The van der Waals surface area contributed by atoms with Crippen LogP contribution in [0.1, 0.15) is 61.7 Å². The second kappa shape index (κ2) is 10.2. The molecule has 3 heterocycles. The lowest BCUT2D eigenvalue weighted by Crippen LogP contribution is -2.29. The van der Waals surface area contributed by atoms with Crippen molar-refractivity contribution in [2.24, 2.45) is 0 Å². The van der Waals surface area contributed by atoms with E-state index >= 15 is 0 Å². The van der Waals surface area contributed by atoms with Gasteiger partial charge < -0.3 is 15.1 Å². The Kier molecular flexibility index (Phi) is 6.48. The SMILES string of the molecule is Cc1cc2ccc(CNC(=O)c3cc(C(=O)N[C@H]4CCc5cc(-c6n[nH]c(C(F)(F)F)n6)ccc54)ncn3)cc2o1. The van der Waals surface area contributed by atoms with Gasteiger partial charge in [0.2, 0.25) is 5.82 Å². The number of hydrogen-bond acceptors (Lipinski definition) is 7. The zero-order valence-corrected chi connectivity index (χ0v) is 21.5. The molecule has 3 aromatic heterocycles. The van der Waals surface area contributed by atoms with E-state index in [0.29, 0.717) is 18.4 Å². The number of fused-ring (bicyclic) bond motifs is 2. The minimum absolute atomic E-state index is 0.0307. The summed E-state index contributed by atoms with van der Waals surface area (Å²) in [7, 11) is 0. The number of carbonyl (C=O) groups is 2. The van der Waals surface area contributed by atoms with Crippen molar-refractivity contribution in [3.05, 3.63) is 94.5 Å². The van der Waals surface area contributed by atoms with Crippen LogP contribution in [0.15, 0.2) is 59.3 Å². The molecule has 208 valence electrons. The van der Waals surface area contributed by atoms with Crippen molar-refractivity contribution in [2.75, 3.05) is 0 Å². The van der Waals surface area contributed by atoms with Crippen LogP contribution in [-0.4, -0.2) is 37.0 Å². The van der Waals surface area contributed by atoms with Gasteiger partial charge in [-0.3, -0.25) is 14.7 Å². The molecule has 0 saturated heterocycles. The first kappa shape index (κ1) is 26.2. The summed E-state index contributed by atoms with van der Waals surface area (Å²) in [5.74, 6) is -1.37. The molecule has 1 aliphatic rings. The van der Waals surface area contributed by atoms with Crippen molar-refractivity contribution in [2.45, 2.75) is 38.5 Å². The molecule has 0 bridgehead atoms. The van der Waals surface area contributed by atoms with Crippen LogP contribution >= 0.6 is 0 Å². The van der Waals surface area contributed by atoms with Gasteiger partial charge in [0, 0.05) is 23.6 Å². The molecule has 0 unspecified atom stereocenters. The predicted octanol–water partition coefficient (Wildman–Crippen LogP) is 4.68. The number of halogens is 3. The van der Waals surface area contributed by atoms with Crippen molar-refractivity contribution in [1.82, 2.24) is 35.8 Å². The molecule has 13 heteroatoms. The van der Waals surface area contributed by atoms with Gasteiger partial charge in [-0.15, -0.1) is 0 Å². The Balaban J connectivity index is 1.10. The largest absolute Gasteiger partial charge is 0.461 e. The molecule has 0 radical (unpaired) electrons. The van der Waals surface area contributed by atoms with Crippen molar-refractivity contribution in [1.29, 1.82) is 0 Å². The summed E-state index contributed by atoms with van der Waals surface area (Å²) in [5.41, 5.74) is 3.80. The number of alkyl halides is 3. The first-order valence-electron chi connectivity index (χ1n) is 12.7. The van der Waals surface area contributed by atoms with Crippen LogP contribution in [0.2, 0.25) is 0 Å². The van der Waals surface area contributed by atoms with Crippen LogP contribution in [0.5, 0.6) is 0 Å². The summed E-state index contributed by atoms with van der Waals surface area (Å²) in [6, 6.07) is 13.7. The molecule has 1 atom stereocenters. The number of carbonyl (C=O) groups excluding carboxylic acids is 2. The molecule has 0 saturated carbocycles. The third-order valence-corrected chi connectivity index (χ3v) is 6.83. The lowest BCUT2D eigenvalue weighted by atomic mass is 10.0. The number of nitrogens with one attached hydrogen (secondary N) is 3. The molecule has 6 rings (SSSR count). The zero-order valence-electron chi connectivity index (χ0n) is 21.5. The highest BCUT2D eigenvalue weighted by atomic mass is 19.4. The Hall–Kier alpha value is -5.07. The first-order valence-corrected chi connectivity index (χ1v) is 12.7. The third kappa shape index (κ3) is 5.38. The van der Waals surface area contributed by atoms with Crippen LogP contribution in [0.4, 0.5) is 13.2 Å². The van der Waals surface area contributed by atoms with E-state index in [1.807, 2.05) is 36.3 Å². The molecule has 0 fully saturated rings. The fourth-order valence-electron chi connectivity index (χ4n) is 4.85. The maximum absolute atomic E-state index is 13.0. The molecular weight excluding hydrogens is 539 g/mol. The van der Waals surface area contributed by atoms with Gasteiger partial charge in [0.15, 0.2) is 5.82 Å². The maximum atomic E-state index is 13.0. The van der Waals surface area contributed by atoms with E-state index < -0.39 is 23.8 Å². The third-order valence-electron chi connectivity index (χ3n) is 6.83. The van der Waals surface area contributed by atoms with Gasteiger partial charge >= 0.3 is 6.18 Å². The molecule has 0 aliphatic heterocycles. The number of nitrogens with zero attached hydrogens (tertiary/aromatic N) is 4. The number of H-pyrrole nitrogens is 1. The van der Waals surface area contributed by atoms with Gasteiger partial charge in [0.1, 0.15) is 29.1 Å². The molecular formula is C28H22F3N7O3. The van der Waals surface area contributed by atoms with E-state index in [1.54, 1.807) is 18.2 Å². The number of amides is 2. The standard InChI is InChI=1S/C28H22F3N7O3/c1-14-8-17-3-2-15(9-23(17)41-14)12-32-25(39)21-11-22(34-13-33-21)26(40)35-20-7-5-16-10-18(4-6-19(16)20)24-36-27(38-37-24)28(29,30)31/h2-4,6,8-11,13,20H,5,7,12H2,1H3,(H,32,39)(H,35,40)(H,36,37,38)/t20-/m0/s1. The average Bonchev–Trinajstić information content (AvgIpc) is 3.69. The minimum atomic E-state index is -4.62. The maximum Gasteiger partial charge on any atom is 0.451 e. The molecule has 2 amide bonds. The fourth-order valence-corrected chi connectivity index (χ4v) is 4.85. The molecule has 41 heavy (non-hydrogen) atoms. The van der Waals surface area contributed by atoms with Gasteiger partial charge in [-0.05, 0) is 54.7 Å². The second-order valence-electron chi connectivity index (χ2n) is 9.68. The Labute approximate surface area is 230 Å². The summed E-state index contributed by atoms with van der Waals surface area (Å²) < 4.78 is 44.2. The van der Waals surface area contributed by atoms with Crippen LogP contribution in [0.25, 0.3) is 22.4 Å². The van der Waals surface area contributed by atoms with Crippen molar-refractivity contribution < 1.29 is 27.2 Å². The van der Waals surface area contributed by atoms with Crippen molar-refractivity contribution in [3.63, 3.8) is 0 Å². The Morgan fingerprint density at radius 3 is 2.63 bits per heavy atom. The first-order chi connectivity index (χ1) is 19.6. The number of aromatic amines is 1. The highest BCUT2D eigenvalue weighted by Gasteiger charge is 2.35. The van der Waals surface area contributed by atoms with Gasteiger partial charge in [0.25, 0.3) is 11.8 Å². The molecule has 5 aromatic rings. The number of rotatable bonds is 6. The van der Waals surface area contributed by atoms with Gasteiger partial charge in [-0.2, -0.15) is 18.3 Å². The van der Waals surface area contributed by atoms with E-state index in [-0.39, 0.29) is 29.8 Å². The van der Waals surface area contributed by atoms with E-state index in [9.17, 15) is 22.8 Å². The molecule has 2 aromatic carbocycles. The normalized spacial score (nSPS) is 14.7. The van der Waals surface area contributed by atoms with Crippen LogP contribution in [0, 0.1) is 6.92 Å². The monoisotopic (exact) mass is 561 g/mol. The lowest BCUT2D eigenvalue weighted by molar-refractivity contribution is -0.144. The summed E-state index contributed by atoms with van der Waals surface area (Å²) in [4.78, 5) is 37.3. The van der Waals surface area contributed by atoms with Crippen LogP contribution < -0.4 is 10.6 Å². The average molecular weight is 562 g/mol. The highest BCUT2D eigenvalue weighted by molar-refractivity contribution is 5.97. The smallest absolute Gasteiger partial charge is 0.451 e. The van der Waals surface area contributed by atoms with Gasteiger partial charge in [-0.1, -0.05) is 24.3 Å². The van der Waals surface area contributed by atoms with E-state index in [2.05, 4.69) is 30.7 Å². The van der Waals surface area contributed by atoms with E-state index in [4.69, 9.17) is 4.42 Å². The fraction of sp³-hybridized carbons (Fsp3) is 0.214. The number of aromatic nitrogens is 5. The lowest BCUT2D eigenvalue weighted by Gasteiger charge is -2.14. The van der Waals surface area contributed by atoms with Gasteiger partial charge in [-0.25, -0.2) is 15.0 Å². The van der Waals surface area contributed by atoms with E-state index in [0.717, 1.165) is 39.7 Å². The summed E-state index contributed by atoms with van der Waals surface area (Å²) in [6.45, 7) is 2.11. The van der Waals surface area contributed by atoms with Crippen LogP contribution in [-0.2, 0) is 19.1 Å². The van der Waals surface area contributed by atoms with Crippen molar-refractivity contribution >= 4 is 22.8 Å². The summed E-state index contributed by atoms with van der Waals surface area (Å²) >= 11 is 0. The summed E-state index contributed by atoms with van der Waals surface area (Å²) in [6.07, 6.45) is -2.27. The quantitative estimate of drug-likeness (QED) is 0.274. The molecule has 10 nitrogen and oxygen atoms in total. The molecule has 1 aliphatic carbocycles. The minimum Gasteiger partial charge on any atom is -0.461 e. The highest BCUT2D eigenvalue weighted by Crippen LogP contribution is 2.34. The number of aryl methyl sites for hydroxylation is 2. The zero-order chi connectivity index (χ0) is 28.7. The van der Waals surface area contributed by atoms with Gasteiger partial charge in [0.05, 0.1) is 6.04 Å². The number of benzene rings is 2. The molecule has 3 N–H and O–H groups in total. The molecule has 0 spiro atoms. The topological polar surface area (TPSA) is 139 Å². The number of furan rings is 1. The Morgan fingerprint density at radius 1 is 1.05 bits per heavy atom. The van der Waals surface area contributed by atoms with E-state index in [1.165, 1.54) is 6.07 Å². The summed E-state index contributed by atoms with van der Waals surface area (Å²) in [5, 5.41) is 12.3. The van der Waals surface area contributed by atoms with Crippen molar-refractivity contribution in [3.8, 4) is 11.4 Å². The predicted molar refractivity (Wildman–Crippen MR) is 140 cm³/mol. The second-order valence-corrected chi connectivity index (χ2v) is 9.68. The Morgan fingerprint density at radius 2 is 1.85 bits per heavy atom. The Bertz CT molecular complexity index is 1790.